The maximum absolute atomic E-state index is 13.5. The average Bonchev–Trinajstić information content (AvgIpc) is 2.83. The van der Waals surface area contributed by atoms with Gasteiger partial charge in [0.25, 0.3) is 15.9 Å². The number of hydrogen-bond donors (Lipinski definition) is 2. The molecule has 36 heavy (non-hydrogen) atoms. The highest BCUT2D eigenvalue weighted by Gasteiger charge is 2.24. The summed E-state index contributed by atoms with van der Waals surface area (Å²) in [6, 6.07) is 12.4. The minimum absolute atomic E-state index is 0.0753. The molecule has 2 aromatic carbocycles. The lowest BCUT2D eigenvalue weighted by Crippen LogP contribution is -2.44. The highest BCUT2D eigenvalue weighted by atomic mass is 32.2. The number of nitrogens with one attached hydrogen (secondary N) is 2. The smallest absolute Gasteiger partial charge is 0.261 e. The maximum atomic E-state index is 13.5. The lowest BCUT2D eigenvalue weighted by atomic mass is 10.1. The Hall–Kier alpha value is -2.58. The van der Waals surface area contributed by atoms with Gasteiger partial charge in [0.15, 0.2) is 0 Å². The summed E-state index contributed by atoms with van der Waals surface area (Å²) < 4.78 is 29.6. The number of rotatable bonds is 11. The SMILES string of the molecule is CCCc1ccc(S(=O)(=O)Nc2cc(C(=O)N(CC(C)C)CC(C)C)ccc2N2CCNCC2)cc1. The fourth-order valence-electron chi connectivity index (χ4n) is 4.56. The third-order valence-corrected chi connectivity index (χ3v) is 7.56. The maximum Gasteiger partial charge on any atom is 0.261 e. The van der Waals surface area contributed by atoms with Crippen LogP contribution in [0, 0.1) is 11.8 Å². The summed E-state index contributed by atoms with van der Waals surface area (Å²) in [5.41, 5.74) is 2.83. The third-order valence-electron chi connectivity index (χ3n) is 6.18. The lowest BCUT2D eigenvalue weighted by Gasteiger charge is -2.32. The van der Waals surface area contributed by atoms with Crippen LogP contribution in [0.5, 0.6) is 0 Å². The first-order valence-electron chi connectivity index (χ1n) is 13.1. The van der Waals surface area contributed by atoms with Gasteiger partial charge in [0.1, 0.15) is 0 Å². The summed E-state index contributed by atoms with van der Waals surface area (Å²) in [5.74, 6) is 0.594. The second-order valence-corrected chi connectivity index (χ2v) is 12.1. The van der Waals surface area contributed by atoms with E-state index in [9.17, 15) is 13.2 Å². The van der Waals surface area contributed by atoms with Crippen LogP contribution in [0.3, 0.4) is 0 Å². The molecule has 0 unspecified atom stereocenters. The third kappa shape index (κ3) is 7.46. The van der Waals surface area contributed by atoms with Crippen molar-refractivity contribution in [3.8, 4) is 0 Å². The molecule has 0 aromatic heterocycles. The van der Waals surface area contributed by atoms with Gasteiger partial charge in [0, 0.05) is 44.8 Å². The molecule has 0 radical (unpaired) electrons. The summed E-state index contributed by atoms with van der Waals surface area (Å²) in [4.78, 5) is 17.8. The molecule has 0 atom stereocenters. The number of nitrogens with zero attached hydrogens (tertiary/aromatic N) is 2. The van der Waals surface area contributed by atoms with E-state index >= 15 is 0 Å². The summed E-state index contributed by atoms with van der Waals surface area (Å²) in [5, 5.41) is 3.33. The van der Waals surface area contributed by atoms with Crippen LogP contribution in [0.4, 0.5) is 11.4 Å². The molecule has 7 nitrogen and oxygen atoms in total. The summed E-state index contributed by atoms with van der Waals surface area (Å²) >= 11 is 0. The molecule has 0 bridgehead atoms. The van der Waals surface area contributed by atoms with E-state index in [-0.39, 0.29) is 10.8 Å². The van der Waals surface area contributed by atoms with Crippen LogP contribution >= 0.6 is 0 Å². The Morgan fingerprint density at radius 1 is 1.00 bits per heavy atom. The molecular formula is C28H42N4O3S. The number of benzene rings is 2. The molecule has 1 fully saturated rings. The van der Waals surface area contributed by atoms with Crippen molar-refractivity contribution in [3.63, 3.8) is 0 Å². The number of amides is 1. The molecule has 0 aliphatic carbocycles. The molecule has 1 saturated heterocycles. The van der Waals surface area contributed by atoms with E-state index in [1.165, 1.54) is 0 Å². The van der Waals surface area contributed by atoms with Gasteiger partial charge in [-0.2, -0.15) is 0 Å². The zero-order valence-electron chi connectivity index (χ0n) is 22.4. The first-order valence-corrected chi connectivity index (χ1v) is 14.6. The second kappa shape index (κ2) is 12.6. The Bertz CT molecular complexity index is 1100. The first kappa shape index (κ1) is 28.0. The number of carbonyl (C=O) groups excluding carboxylic acids is 1. The van der Waals surface area contributed by atoms with Crippen molar-refractivity contribution in [3.05, 3.63) is 53.6 Å². The van der Waals surface area contributed by atoms with E-state index in [1.807, 2.05) is 29.2 Å². The average molecular weight is 515 g/mol. The predicted molar refractivity (Wildman–Crippen MR) is 148 cm³/mol. The summed E-state index contributed by atoms with van der Waals surface area (Å²) in [6.45, 7) is 15.0. The Balaban J connectivity index is 1.97. The predicted octanol–water partition coefficient (Wildman–Crippen LogP) is 4.60. The monoisotopic (exact) mass is 514 g/mol. The second-order valence-electron chi connectivity index (χ2n) is 10.5. The van der Waals surface area contributed by atoms with E-state index in [0.29, 0.717) is 36.2 Å². The number of sulfonamides is 1. The molecule has 1 heterocycles. The fourth-order valence-corrected chi connectivity index (χ4v) is 5.63. The van der Waals surface area contributed by atoms with Crippen LogP contribution in [0.1, 0.15) is 57.0 Å². The van der Waals surface area contributed by atoms with Crippen LogP contribution in [-0.4, -0.2) is 58.5 Å². The minimum Gasteiger partial charge on any atom is -0.367 e. The normalized spacial score (nSPS) is 14.4. The van der Waals surface area contributed by atoms with Crippen molar-refractivity contribution in [2.45, 2.75) is 52.4 Å². The van der Waals surface area contributed by atoms with Crippen LogP contribution in [0.25, 0.3) is 0 Å². The molecule has 2 N–H and O–H groups in total. The zero-order valence-corrected chi connectivity index (χ0v) is 23.2. The van der Waals surface area contributed by atoms with Gasteiger partial charge in [-0.15, -0.1) is 0 Å². The number of anilines is 2. The van der Waals surface area contributed by atoms with Gasteiger partial charge >= 0.3 is 0 Å². The lowest BCUT2D eigenvalue weighted by molar-refractivity contribution is 0.0715. The molecule has 0 spiro atoms. The van der Waals surface area contributed by atoms with Crippen LogP contribution < -0.4 is 14.9 Å². The first-order chi connectivity index (χ1) is 17.1. The zero-order chi connectivity index (χ0) is 26.3. The number of piperazine rings is 1. The number of aryl methyl sites for hydroxylation is 1. The molecule has 1 aliphatic heterocycles. The Labute approximate surface area is 217 Å². The Morgan fingerprint density at radius 3 is 2.17 bits per heavy atom. The van der Waals surface area contributed by atoms with Gasteiger partial charge in [-0.25, -0.2) is 8.42 Å². The van der Waals surface area contributed by atoms with Crippen molar-refractivity contribution < 1.29 is 13.2 Å². The van der Waals surface area contributed by atoms with E-state index in [1.54, 1.807) is 18.2 Å². The largest absolute Gasteiger partial charge is 0.367 e. The Kier molecular flexibility index (Phi) is 9.79. The van der Waals surface area contributed by atoms with Gasteiger partial charge in [0.05, 0.1) is 16.3 Å². The molecule has 8 heteroatoms. The van der Waals surface area contributed by atoms with E-state index in [0.717, 1.165) is 50.3 Å². The van der Waals surface area contributed by atoms with Crippen molar-refractivity contribution in [1.29, 1.82) is 0 Å². The number of hydrogen-bond acceptors (Lipinski definition) is 5. The van der Waals surface area contributed by atoms with E-state index in [4.69, 9.17) is 0 Å². The van der Waals surface area contributed by atoms with E-state index in [2.05, 4.69) is 49.6 Å². The minimum atomic E-state index is -3.82. The highest BCUT2D eigenvalue weighted by molar-refractivity contribution is 7.92. The van der Waals surface area contributed by atoms with Gasteiger partial charge in [-0.3, -0.25) is 9.52 Å². The number of carbonyl (C=O) groups is 1. The fraction of sp³-hybridized carbons (Fsp3) is 0.536. The van der Waals surface area contributed by atoms with Crippen molar-refractivity contribution in [1.82, 2.24) is 10.2 Å². The molecule has 2 aromatic rings. The summed E-state index contributed by atoms with van der Waals surface area (Å²) in [6.07, 6.45) is 1.91. The van der Waals surface area contributed by atoms with Crippen LogP contribution in [0.15, 0.2) is 47.4 Å². The Morgan fingerprint density at radius 2 is 1.61 bits per heavy atom. The standard InChI is InChI=1S/C28H42N4O3S/c1-6-7-23-8-11-25(12-9-23)36(34,35)30-26-18-24(10-13-27(26)31-16-14-29-15-17-31)28(33)32(19-21(2)3)20-22(4)5/h8-13,18,21-22,29-30H,6-7,14-17,19-20H2,1-5H3. The quantitative estimate of drug-likeness (QED) is 0.458. The molecule has 0 saturated carbocycles. The molecule has 1 amide bonds. The van der Waals surface area contributed by atoms with Gasteiger partial charge in [-0.1, -0.05) is 53.2 Å². The van der Waals surface area contributed by atoms with Gasteiger partial charge < -0.3 is 15.1 Å². The van der Waals surface area contributed by atoms with Crippen molar-refractivity contribution in [2.24, 2.45) is 11.8 Å². The van der Waals surface area contributed by atoms with Crippen LogP contribution in [0.2, 0.25) is 0 Å². The molecule has 3 rings (SSSR count). The topological polar surface area (TPSA) is 81.8 Å². The van der Waals surface area contributed by atoms with Crippen molar-refractivity contribution in [2.75, 3.05) is 48.9 Å². The molecule has 198 valence electrons. The summed E-state index contributed by atoms with van der Waals surface area (Å²) in [7, 11) is -3.82. The van der Waals surface area contributed by atoms with Gasteiger partial charge in [-0.05, 0) is 54.2 Å². The molecular weight excluding hydrogens is 472 g/mol. The van der Waals surface area contributed by atoms with Crippen LogP contribution in [-0.2, 0) is 16.4 Å². The highest BCUT2D eigenvalue weighted by Crippen LogP contribution is 2.31. The van der Waals surface area contributed by atoms with Crippen molar-refractivity contribution >= 4 is 27.3 Å². The van der Waals surface area contributed by atoms with Gasteiger partial charge in [0.2, 0.25) is 0 Å². The van der Waals surface area contributed by atoms with E-state index < -0.39 is 10.0 Å². The molecule has 1 aliphatic rings.